The Bertz CT molecular complexity index is 1460. The van der Waals surface area contributed by atoms with Gasteiger partial charge in [-0.05, 0) is 43.4 Å². The van der Waals surface area contributed by atoms with Crippen LogP contribution in [0.3, 0.4) is 0 Å². The predicted octanol–water partition coefficient (Wildman–Crippen LogP) is 5.74. The number of aliphatic hydroxyl groups excluding tert-OH is 1. The van der Waals surface area contributed by atoms with E-state index >= 15 is 0 Å². The van der Waals surface area contributed by atoms with Crippen molar-refractivity contribution in [3.63, 3.8) is 0 Å². The molecule has 0 unspecified atom stereocenters. The first kappa shape index (κ1) is 30.4. The van der Waals surface area contributed by atoms with E-state index in [0.29, 0.717) is 29.2 Å². The molecule has 228 valence electrons. The van der Waals surface area contributed by atoms with Crippen LogP contribution in [-0.4, -0.2) is 71.6 Å². The van der Waals surface area contributed by atoms with Crippen molar-refractivity contribution in [2.75, 3.05) is 37.4 Å². The van der Waals surface area contributed by atoms with E-state index in [-0.39, 0.29) is 42.8 Å². The van der Waals surface area contributed by atoms with Gasteiger partial charge in [0.1, 0.15) is 6.10 Å². The standard InChI is InChI=1S/C34H42N4O5/c1-22-19-38(23(2)21-39)33(41)27-16-10-18-29(35-32(40)25-12-5-4-6-13-25)31(27)43-30(22)20-37(3)34(42)36-28-17-9-14-24-11-7-8-15-26(24)28/h7-11,14-18,22-23,25,30,39H,4-6,12-13,19-21H2,1-3H3,(H,35,40)(H,36,42)/t22-,23-,30+/m0/s1. The van der Waals surface area contributed by atoms with Crippen molar-refractivity contribution < 1.29 is 24.2 Å². The third-order valence-electron chi connectivity index (χ3n) is 8.76. The zero-order valence-corrected chi connectivity index (χ0v) is 25.2. The minimum atomic E-state index is -0.503. The Labute approximate surface area is 253 Å². The topological polar surface area (TPSA) is 111 Å². The molecule has 1 aliphatic heterocycles. The average molecular weight is 587 g/mol. The van der Waals surface area contributed by atoms with Gasteiger partial charge in [-0.1, -0.05) is 68.7 Å². The number of hydrogen-bond donors (Lipinski definition) is 3. The third-order valence-corrected chi connectivity index (χ3v) is 8.76. The Kier molecular flexibility index (Phi) is 9.50. The molecule has 0 bridgehead atoms. The van der Waals surface area contributed by atoms with E-state index < -0.39 is 12.1 Å². The zero-order valence-electron chi connectivity index (χ0n) is 25.2. The molecule has 9 nitrogen and oxygen atoms in total. The molecule has 9 heteroatoms. The van der Waals surface area contributed by atoms with Crippen LogP contribution in [0.1, 0.15) is 56.3 Å². The molecule has 1 aliphatic carbocycles. The number of amides is 4. The van der Waals surface area contributed by atoms with Gasteiger partial charge in [0.05, 0.1) is 36.1 Å². The fraction of sp³-hybridized carbons (Fsp3) is 0.441. The molecule has 4 amide bonds. The monoisotopic (exact) mass is 586 g/mol. The van der Waals surface area contributed by atoms with Crippen molar-refractivity contribution in [1.29, 1.82) is 0 Å². The fourth-order valence-electron chi connectivity index (χ4n) is 6.06. The molecule has 3 aromatic rings. The van der Waals surface area contributed by atoms with Crippen LogP contribution >= 0.6 is 0 Å². The van der Waals surface area contributed by atoms with Gasteiger partial charge in [0.15, 0.2) is 5.75 Å². The lowest BCUT2D eigenvalue weighted by Gasteiger charge is -2.38. The maximum atomic E-state index is 13.8. The molecule has 0 aromatic heterocycles. The molecule has 0 spiro atoms. The molecular weight excluding hydrogens is 544 g/mol. The molecule has 1 heterocycles. The van der Waals surface area contributed by atoms with Crippen LogP contribution in [0.5, 0.6) is 5.75 Å². The van der Waals surface area contributed by atoms with E-state index in [2.05, 4.69) is 10.6 Å². The van der Waals surface area contributed by atoms with Gasteiger partial charge < -0.3 is 30.3 Å². The number of hydrogen-bond acceptors (Lipinski definition) is 5. The van der Waals surface area contributed by atoms with Gasteiger partial charge in [0.2, 0.25) is 5.91 Å². The lowest BCUT2D eigenvalue weighted by molar-refractivity contribution is -0.120. The van der Waals surface area contributed by atoms with Crippen molar-refractivity contribution in [2.24, 2.45) is 11.8 Å². The van der Waals surface area contributed by atoms with Crippen molar-refractivity contribution in [2.45, 2.75) is 58.1 Å². The minimum Gasteiger partial charge on any atom is -0.485 e. The molecular formula is C34H42N4O5. The van der Waals surface area contributed by atoms with Gasteiger partial charge in [-0.15, -0.1) is 0 Å². The number of nitrogens with one attached hydrogen (secondary N) is 2. The number of anilines is 2. The number of nitrogens with zero attached hydrogens (tertiary/aromatic N) is 2. The molecule has 2 aliphatic rings. The minimum absolute atomic E-state index is 0.0667. The van der Waals surface area contributed by atoms with Gasteiger partial charge in [-0.2, -0.15) is 0 Å². The van der Waals surface area contributed by atoms with Crippen LogP contribution in [0, 0.1) is 11.8 Å². The largest absolute Gasteiger partial charge is 0.485 e. The number of rotatable bonds is 7. The normalized spacial score (nSPS) is 19.9. The highest BCUT2D eigenvalue weighted by Gasteiger charge is 2.35. The second-order valence-corrected chi connectivity index (χ2v) is 12.0. The second kappa shape index (κ2) is 13.5. The van der Waals surface area contributed by atoms with Crippen LogP contribution in [0.2, 0.25) is 0 Å². The van der Waals surface area contributed by atoms with Gasteiger partial charge in [-0.25, -0.2) is 4.79 Å². The molecule has 1 fully saturated rings. The van der Waals surface area contributed by atoms with Gasteiger partial charge >= 0.3 is 6.03 Å². The van der Waals surface area contributed by atoms with Crippen molar-refractivity contribution in [3.05, 3.63) is 66.2 Å². The first-order valence-corrected chi connectivity index (χ1v) is 15.3. The number of likely N-dealkylation sites (N-methyl/N-ethyl adjacent to an activating group) is 1. The van der Waals surface area contributed by atoms with E-state index in [9.17, 15) is 19.5 Å². The van der Waals surface area contributed by atoms with E-state index in [0.717, 1.165) is 42.9 Å². The average Bonchev–Trinajstić information content (AvgIpc) is 3.03. The predicted molar refractivity (Wildman–Crippen MR) is 168 cm³/mol. The van der Waals surface area contributed by atoms with Crippen LogP contribution in [0.15, 0.2) is 60.7 Å². The summed E-state index contributed by atoms with van der Waals surface area (Å²) < 4.78 is 6.60. The summed E-state index contributed by atoms with van der Waals surface area (Å²) in [7, 11) is 1.71. The van der Waals surface area contributed by atoms with E-state index in [1.807, 2.05) is 49.4 Å². The highest BCUT2D eigenvalue weighted by molar-refractivity contribution is 6.03. The Morgan fingerprint density at radius 3 is 2.47 bits per heavy atom. The summed E-state index contributed by atoms with van der Waals surface area (Å²) in [6.45, 7) is 4.16. The molecule has 3 atom stereocenters. The number of carbonyl (C=O) groups is 3. The Morgan fingerprint density at radius 2 is 1.70 bits per heavy atom. The summed E-state index contributed by atoms with van der Waals surface area (Å²) in [5.74, 6) is -0.300. The zero-order chi connectivity index (χ0) is 30.5. The number of urea groups is 1. The summed E-state index contributed by atoms with van der Waals surface area (Å²) in [4.78, 5) is 43.6. The van der Waals surface area contributed by atoms with Gasteiger partial charge in [0.25, 0.3) is 5.91 Å². The molecule has 3 aromatic carbocycles. The second-order valence-electron chi connectivity index (χ2n) is 12.0. The van der Waals surface area contributed by atoms with Gasteiger partial charge in [-0.3, -0.25) is 9.59 Å². The Balaban J connectivity index is 1.42. The molecule has 5 rings (SSSR count). The third kappa shape index (κ3) is 6.77. The number of benzene rings is 3. The van der Waals surface area contributed by atoms with Crippen LogP contribution < -0.4 is 15.4 Å². The quantitative estimate of drug-likeness (QED) is 0.327. The summed E-state index contributed by atoms with van der Waals surface area (Å²) in [6.07, 6.45) is 4.39. The smallest absolute Gasteiger partial charge is 0.321 e. The summed E-state index contributed by atoms with van der Waals surface area (Å²) in [6, 6.07) is 18.1. The first-order chi connectivity index (χ1) is 20.8. The van der Waals surface area contributed by atoms with Crippen LogP contribution in [-0.2, 0) is 4.79 Å². The maximum absolute atomic E-state index is 13.8. The molecule has 3 N–H and O–H groups in total. The SMILES string of the molecule is C[C@H]1CN([C@@H](C)CO)C(=O)c2cccc(NC(=O)C3CCCCC3)c2O[C@@H]1CN(C)C(=O)Nc1cccc2ccccc12. The summed E-state index contributed by atoms with van der Waals surface area (Å²) >= 11 is 0. The van der Waals surface area contributed by atoms with E-state index in [1.165, 1.54) is 0 Å². The molecule has 0 radical (unpaired) electrons. The van der Waals surface area contributed by atoms with E-state index in [4.69, 9.17) is 4.74 Å². The highest BCUT2D eigenvalue weighted by atomic mass is 16.5. The van der Waals surface area contributed by atoms with Crippen molar-refractivity contribution in [3.8, 4) is 5.75 Å². The molecule has 43 heavy (non-hydrogen) atoms. The van der Waals surface area contributed by atoms with Crippen molar-refractivity contribution in [1.82, 2.24) is 9.80 Å². The summed E-state index contributed by atoms with van der Waals surface area (Å²) in [5, 5.41) is 18.0. The molecule has 0 saturated heterocycles. The maximum Gasteiger partial charge on any atom is 0.321 e. The number of ether oxygens (including phenoxy) is 1. The Morgan fingerprint density at radius 1 is 1.00 bits per heavy atom. The van der Waals surface area contributed by atoms with Crippen molar-refractivity contribution >= 4 is 40.0 Å². The number of carbonyl (C=O) groups excluding carboxylic acids is 3. The van der Waals surface area contributed by atoms with E-state index in [1.54, 1.807) is 42.0 Å². The highest BCUT2D eigenvalue weighted by Crippen LogP contribution is 2.36. The first-order valence-electron chi connectivity index (χ1n) is 15.3. The summed E-state index contributed by atoms with van der Waals surface area (Å²) in [5.41, 5.74) is 1.48. The number of para-hydroxylation sites is 1. The van der Waals surface area contributed by atoms with Crippen LogP contribution in [0.4, 0.5) is 16.2 Å². The number of fused-ring (bicyclic) bond motifs is 2. The number of aliphatic hydroxyl groups is 1. The lowest BCUT2D eigenvalue weighted by Crippen LogP contribution is -2.50. The molecule has 1 saturated carbocycles. The van der Waals surface area contributed by atoms with Crippen LogP contribution in [0.25, 0.3) is 10.8 Å². The lowest BCUT2D eigenvalue weighted by atomic mass is 9.88. The van der Waals surface area contributed by atoms with Gasteiger partial charge in [0, 0.05) is 30.8 Å². The fourth-order valence-corrected chi connectivity index (χ4v) is 6.06. The Hall–Kier alpha value is -4.11.